The molecule has 0 aromatic carbocycles. The van der Waals surface area contributed by atoms with Gasteiger partial charge >= 0.3 is 11.9 Å². The standard InChI is InChI=1S/C23H21N5O6/c1-13-8-14(6-7-24-13)22-26-19(12-34-22)21(30)25-18-10-16-9-15(4-5-20(29)32-2)27-28(16)11-17(18)23(31)33-3/h6-12H,4-5H2,1-3H3,(H,25,30). The fraction of sp³-hybridized carbons (Fsp3) is 0.217. The Morgan fingerprint density at radius 3 is 2.71 bits per heavy atom. The van der Waals surface area contributed by atoms with E-state index in [1.807, 2.05) is 6.92 Å². The highest BCUT2D eigenvalue weighted by Gasteiger charge is 2.20. The number of anilines is 1. The van der Waals surface area contributed by atoms with Crippen molar-refractivity contribution in [2.45, 2.75) is 19.8 Å². The van der Waals surface area contributed by atoms with Gasteiger partial charge in [-0.25, -0.2) is 14.3 Å². The molecule has 174 valence electrons. The van der Waals surface area contributed by atoms with E-state index in [0.29, 0.717) is 23.2 Å². The molecule has 0 aliphatic heterocycles. The minimum Gasteiger partial charge on any atom is -0.469 e. The Balaban J connectivity index is 1.61. The molecule has 0 aliphatic carbocycles. The number of aryl methyl sites for hydroxylation is 2. The lowest BCUT2D eigenvalue weighted by molar-refractivity contribution is -0.140. The second-order valence-corrected chi connectivity index (χ2v) is 7.35. The predicted molar refractivity (Wildman–Crippen MR) is 119 cm³/mol. The number of rotatable bonds is 7. The van der Waals surface area contributed by atoms with E-state index in [4.69, 9.17) is 9.15 Å². The fourth-order valence-corrected chi connectivity index (χ4v) is 3.30. The Bertz CT molecular complexity index is 1390. The quantitative estimate of drug-likeness (QED) is 0.410. The number of amides is 1. The van der Waals surface area contributed by atoms with Crippen molar-refractivity contribution < 1.29 is 28.3 Å². The van der Waals surface area contributed by atoms with E-state index < -0.39 is 11.9 Å². The monoisotopic (exact) mass is 463 g/mol. The summed E-state index contributed by atoms with van der Waals surface area (Å²) in [5, 5.41) is 7.06. The molecular formula is C23H21N5O6. The summed E-state index contributed by atoms with van der Waals surface area (Å²) in [5.41, 5.74) is 3.04. The topological polar surface area (TPSA) is 138 Å². The molecule has 1 amide bonds. The van der Waals surface area contributed by atoms with E-state index in [2.05, 4.69) is 25.1 Å². The smallest absolute Gasteiger partial charge is 0.341 e. The van der Waals surface area contributed by atoms with Gasteiger partial charge in [0.2, 0.25) is 5.89 Å². The van der Waals surface area contributed by atoms with Crippen LogP contribution in [0, 0.1) is 6.92 Å². The number of aromatic nitrogens is 4. The number of pyridine rings is 2. The summed E-state index contributed by atoms with van der Waals surface area (Å²) < 4.78 is 16.4. The van der Waals surface area contributed by atoms with Crippen molar-refractivity contribution in [3.8, 4) is 11.5 Å². The number of fused-ring (bicyclic) bond motifs is 1. The first-order chi connectivity index (χ1) is 16.4. The zero-order valence-corrected chi connectivity index (χ0v) is 18.7. The van der Waals surface area contributed by atoms with Crippen molar-refractivity contribution in [2.24, 2.45) is 0 Å². The highest BCUT2D eigenvalue weighted by Crippen LogP contribution is 2.23. The van der Waals surface area contributed by atoms with Crippen molar-refractivity contribution in [1.82, 2.24) is 19.6 Å². The summed E-state index contributed by atoms with van der Waals surface area (Å²) in [5.74, 6) is -1.31. The normalized spacial score (nSPS) is 10.8. The van der Waals surface area contributed by atoms with E-state index in [-0.39, 0.29) is 35.2 Å². The van der Waals surface area contributed by atoms with Gasteiger partial charge in [-0.05, 0) is 31.2 Å². The summed E-state index contributed by atoms with van der Waals surface area (Å²) in [6.07, 6.45) is 4.84. The van der Waals surface area contributed by atoms with Gasteiger partial charge in [-0.2, -0.15) is 5.10 Å². The molecule has 0 spiro atoms. The van der Waals surface area contributed by atoms with Gasteiger partial charge in [0.25, 0.3) is 5.91 Å². The number of ether oxygens (including phenoxy) is 2. The van der Waals surface area contributed by atoms with Crippen LogP contribution in [0.25, 0.3) is 17.0 Å². The number of carbonyl (C=O) groups is 3. The molecule has 4 aromatic rings. The third-order valence-electron chi connectivity index (χ3n) is 5.00. The number of methoxy groups -OCH3 is 2. The number of hydrogen-bond donors (Lipinski definition) is 1. The van der Waals surface area contributed by atoms with Crippen LogP contribution in [0.15, 0.2) is 47.3 Å². The third-order valence-corrected chi connectivity index (χ3v) is 5.00. The lowest BCUT2D eigenvalue weighted by Gasteiger charge is -2.09. The van der Waals surface area contributed by atoms with E-state index in [9.17, 15) is 14.4 Å². The molecular weight excluding hydrogens is 442 g/mol. The van der Waals surface area contributed by atoms with Crippen molar-refractivity contribution in [3.05, 3.63) is 65.6 Å². The van der Waals surface area contributed by atoms with Crippen molar-refractivity contribution in [3.63, 3.8) is 0 Å². The molecule has 0 aliphatic rings. The molecule has 11 nitrogen and oxygen atoms in total. The van der Waals surface area contributed by atoms with Gasteiger partial charge in [0, 0.05) is 30.1 Å². The molecule has 4 aromatic heterocycles. The van der Waals surface area contributed by atoms with E-state index in [1.165, 1.54) is 31.2 Å². The average molecular weight is 463 g/mol. The Kier molecular flexibility index (Phi) is 6.35. The molecule has 4 rings (SSSR count). The van der Waals surface area contributed by atoms with Crippen molar-refractivity contribution in [2.75, 3.05) is 19.5 Å². The van der Waals surface area contributed by atoms with Crippen LogP contribution in [0.1, 0.15) is 38.7 Å². The van der Waals surface area contributed by atoms with Crippen LogP contribution >= 0.6 is 0 Å². The second kappa shape index (κ2) is 9.53. The average Bonchev–Trinajstić information content (AvgIpc) is 3.48. The SMILES string of the molecule is COC(=O)CCc1cc2cc(NC(=O)c3coc(-c4ccnc(C)c4)n3)c(C(=O)OC)cn2n1. The number of nitrogens with zero attached hydrogens (tertiary/aromatic N) is 4. The van der Waals surface area contributed by atoms with Gasteiger partial charge in [-0.1, -0.05) is 0 Å². The summed E-state index contributed by atoms with van der Waals surface area (Å²) >= 11 is 0. The molecule has 4 heterocycles. The summed E-state index contributed by atoms with van der Waals surface area (Å²) in [6.45, 7) is 1.84. The Labute approximate surface area is 193 Å². The zero-order valence-electron chi connectivity index (χ0n) is 18.7. The Morgan fingerprint density at radius 2 is 1.97 bits per heavy atom. The van der Waals surface area contributed by atoms with Crippen LogP contribution in [0.5, 0.6) is 0 Å². The molecule has 11 heteroatoms. The van der Waals surface area contributed by atoms with Crippen LogP contribution in [0.3, 0.4) is 0 Å². The number of oxazole rings is 1. The predicted octanol–water partition coefficient (Wildman–Crippen LogP) is 2.84. The maximum Gasteiger partial charge on any atom is 0.341 e. The number of hydrogen-bond acceptors (Lipinski definition) is 9. The van der Waals surface area contributed by atoms with Gasteiger partial charge in [0.15, 0.2) is 5.69 Å². The zero-order chi connectivity index (χ0) is 24.2. The van der Waals surface area contributed by atoms with Gasteiger partial charge in [-0.15, -0.1) is 0 Å². The Morgan fingerprint density at radius 1 is 1.15 bits per heavy atom. The van der Waals surface area contributed by atoms with E-state index >= 15 is 0 Å². The fourth-order valence-electron chi connectivity index (χ4n) is 3.30. The van der Waals surface area contributed by atoms with Crippen LogP contribution in [0.4, 0.5) is 5.69 Å². The number of nitrogens with one attached hydrogen (secondary N) is 1. The van der Waals surface area contributed by atoms with Gasteiger partial charge in [0.1, 0.15) is 11.8 Å². The van der Waals surface area contributed by atoms with Crippen LogP contribution in [-0.4, -0.2) is 51.6 Å². The maximum atomic E-state index is 12.9. The number of esters is 2. The minimum absolute atomic E-state index is 0.0347. The van der Waals surface area contributed by atoms with Crippen LogP contribution in [-0.2, 0) is 20.7 Å². The Hall–Kier alpha value is -4.54. The molecule has 0 radical (unpaired) electrons. The number of carbonyl (C=O) groups excluding carboxylic acids is 3. The lowest BCUT2D eigenvalue weighted by atomic mass is 10.2. The molecule has 0 bridgehead atoms. The van der Waals surface area contributed by atoms with Crippen LogP contribution in [0.2, 0.25) is 0 Å². The summed E-state index contributed by atoms with van der Waals surface area (Å²) in [7, 11) is 2.56. The first-order valence-corrected chi connectivity index (χ1v) is 10.2. The molecule has 0 fully saturated rings. The molecule has 34 heavy (non-hydrogen) atoms. The highest BCUT2D eigenvalue weighted by molar-refractivity contribution is 6.07. The van der Waals surface area contributed by atoms with Gasteiger partial charge < -0.3 is 19.2 Å². The molecule has 0 saturated heterocycles. The molecule has 0 saturated carbocycles. The van der Waals surface area contributed by atoms with Crippen molar-refractivity contribution in [1.29, 1.82) is 0 Å². The van der Waals surface area contributed by atoms with E-state index in [0.717, 1.165) is 5.69 Å². The lowest BCUT2D eigenvalue weighted by Crippen LogP contribution is -2.16. The maximum absolute atomic E-state index is 12.9. The molecule has 1 N–H and O–H groups in total. The van der Waals surface area contributed by atoms with E-state index in [1.54, 1.807) is 30.5 Å². The summed E-state index contributed by atoms with van der Waals surface area (Å²) in [6, 6.07) is 6.85. The second-order valence-electron chi connectivity index (χ2n) is 7.35. The third kappa shape index (κ3) is 4.77. The van der Waals surface area contributed by atoms with Crippen molar-refractivity contribution >= 4 is 29.0 Å². The van der Waals surface area contributed by atoms with Crippen LogP contribution < -0.4 is 5.32 Å². The molecule has 0 atom stereocenters. The van der Waals surface area contributed by atoms with Gasteiger partial charge in [-0.3, -0.25) is 14.6 Å². The first-order valence-electron chi connectivity index (χ1n) is 10.2. The molecule has 0 unspecified atom stereocenters. The highest BCUT2D eigenvalue weighted by atomic mass is 16.5. The first kappa shape index (κ1) is 22.6. The minimum atomic E-state index is -0.656. The summed E-state index contributed by atoms with van der Waals surface area (Å²) in [4.78, 5) is 45.0. The van der Waals surface area contributed by atoms with Gasteiger partial charge in [0.05, 0.1) is 37.5 Å². The largest absolute Gasteiger partial charge is 0.469 e.